The number of halogens is 2. The molecule has 0 rings (SSSR count). The zero-order chi connectivity index (χ0) is 8.15. The predicted molar refractivity (Wildman–Crippen MR) is 31.1 cm³/mol. The molecule has 0 saturated carbocycles. The van der Waals surface area contributed by atoms with Gasteiger partial charge in [-0.05, 0) is 7.05 Å². The zero-order valence-corrected chi connectivity index (χ0v) is 5.55. The van der Waals surface area contributed by atoms with Crippen molar-refractivity contribution in [2.24, 2.45) is 0 Å². The van der Waals surface area contributed by atoms with E-state index in [9.17, 15) is 13.6 Å². The van der Waals surface area contributed by atoms with Crippen LogP contribution in [0.15, 0.2) is 0 Å². The maximum atomic E-state index is 11.5. The fourth-order valence-electron chi connectivity index (χ4n) is 0.531. The van der Waals surface area contributed by atoms with Crippen LogP contribution in [0.1, 0.15) is 0 Å². The van der Waals surface area contributed by atoms with Gasteiger partial charge in [-0.25, -0.2) is 8.78 Å². The third kappa shape index (κ3) is 5.43. The molecule has 0 aliphatic carbocycles. The van der Waals surface area contributed by atoms with Gasteiger partial charge in [0.05, 0.1) is 13.1 Å². The average Bonchev–Trinajstić information content (AvgIpc) is 1.58. The van der Waals surface area contributed by atoms with Crippen LogP contribution in [0.3, 0.4) is 0 Å². The topological polar surface area (TPSA) is 40.5 Å². The van der Waals surface area contributed by atoms with E-state index in [-0.39, 0.29) is 6.54 Å². The predicted octanol–water partition coefficient (Wildman–Crippen LogP) is 0.268. The molecule has 0 aliphatic heterocycles. The van der Waals surface area contributed by atoms with E-state index in [1.165, 1.54) is 7.05 Å². The molecule has 60 valence electrons. The van der Waals surface area contributed by atoms with Crippen molar-refractivity contribution in [2.75, 3.05) is 20.1 Å². The first-order valence-corrected chi connectivity index (χ1v) is 2.71. The van der Waals surface area contributed by atoms with Crippen molar-refractivity contribution in [3.63, 3.8) is 0 Å². The fraction of sp³-hybridized carbons (Fsp3) is 0.800. The Morgan fingerprint density at radius 3 is 2.50 bits per heavy atom. The summed E-state index contributed by atoms with van der Waals surface area (Å²) in [6, 6.07) is 0. The molecule has 0 atom stereocenters. The van der Waals surface area contributed by atoms with Crippen LogP contribution < -0.4 is 0 Å². The molecule has 0 radical (unpaired) electrons. The van der Waals surface area contributed by atoms with E-state index in [1.807, 2.05) is 0 Å². The summed E-state index contributed by atoms with van der Waals surface area (Å²) in [6.07, 6.45) is -2.47. The summed E-state index contributed by atoms with van der Waals surface area (Å²) in [5.74, 6) is -1.09. The van der Waals surface area contributed by atoms with E-state index in [0.29, 0.717) is 0 Å². The van der Waals surface area contributed by atoms with Gasteiger partial charge in [-0.1, -0.05) is 0 Å². The number of likely N-dealkylation sites (N-methyl/N-ethyl adjacent to an activating group) is 1. The summed E-state index contributed by atoms with van der Waals surface area (Å²) in [6.45, 7) is -0.837. The molecule has 0 aliphatic rings. The number of carboxylic acid groups (broad SMARTS) is 1. The van der Waals surface area contributed by atoms with Crippen molar-refractivity contribution in [3.8, 4) is 0 Å². The Morgan fingerprint density at radius 2 is 2.20 bits per heavy atom. The highest BCUT2D eigenvalue weighted by molar-refractivity contribution is 5.68. The highest BCUT2D eigenvalue weighted by Crippen LogP contribution is 1.94. The van der Waals surface area contributed by atoms with E-state index in [2.05, 4.69) is 0 Å². The van der Waals surface area contributed by atoms with Crippen molar-refractivity contribution >= 4 is 5.97 Å². The first-order chi connectivity index (χ1) is 4.52. The molecule has 10 heavy (non-hydrogen) atoms. The van der Waals surface area contributed by atoms with Gasteiger partial charge in [0.15, 0.2) is 0 Å². The lowest BCUT2D eigenvalue weighted by Crippen LogP contribution is -2.29. The van der Waals surface area contributed by atoms with Crippen molar-refractivity contribution < 1.29 is 18.7 Å². The Labute approximate surface area is 57.2 Å². The fourth-order valence-corrected chi connectivity index (χ4v) is 0.531. The number of carbonyl (C=O) groups is 1. The van der Waals surface area contributed by atoms with E-state index in [1.54, 1.807) is 0 Å². The van der Waals surface area contributed by atoms with Crippen LogP contribution in [-0.2, 0) is 4.79 Å². The maximum Gasteiger partial charge on any atom is 0.317 e. The molecule has 0 aromatic rings. The molecule has 0 amide bonds. The summed E-state index contributed by atoms with van der Waals surface area (Å²) in [5, 5.41) is 8.11. The van der Waals surface area contributed by atoms with Crippen LogP contribution in [0.5, 0.6) is 0 Å². The normalized spacial score (nSPS) is 10.9. The van der Waals surface area contributed by atoms with Crippen molar-refractivity contribution in [1.82, 2.24) is 4.90 Å². The van der Waals surface area contributed by atoms with Crippen LogP contribution in [0.2, 0.25) is 0 Å². The zero-order valence-electron chi connectivity index (χ0n) is 5.55. The van der Waals surface area contributed by atoms with Gasteiger partial charge in [-0.2, -0.15) is 0 Å². The molecule has 0 aromatic carbocycles. The summed E-state index contributed by atoms with van der Waals surface area (Å²) in [7, 11) is 1.33. The number of carboxylic acids is 1. The SMILES string of the molecule is CN(CC(=O)O)CC(F)F. The quantitative estimate of drug-likeness (QED) is 0.630. The number of aliphatic carboxylic acids is 1. The highest BCUT2D eigenvalue weighted by Gasteiger charge is 2.09. The second-order valence-electron chi connectivity index (χ2n) is 1.98. The number of rotatable bonds is 4. The first kappa shape index (κ1) is 9.29. The van der Waals surface area contributed by atoms with Gasteiger partial charge in [0.2, 0.25) is 0 Å². The largest absolute Gasteiger partial charge is 0.480 e. The second-order valence-corrected chi connectivity index (χ2v) is 1.98. The minimum absolute atomic E-state index is 0.343. The summed E-state index contributed by atoms with van der Waals surface area (Å²) in [5.41, 5.74) is 0. The average molecular weight is 153 g/mol. The number of hydrogen-bond acceptors (Lipinski definition) is 2. The molecule has 0 spiro atoms. The molecule has 0 saturated heterocycles. The minimum Gasteiger partial charge on any atom is -0.480 e. The van der Waals surface area contributed by atoms with E-state index < -0.39 is 18.9 Å². The third-order valence-corrected chi connectivity index (χ3v) is 0.855. The summed E-state index contributed by atoms with van der Waals surface area (Å²) >= 11 is 0. The van der Waals surface area contributed by atoms with Crippen LogP contribution in [0, 0.1) is 0 Å². The van der Waals surface area contributed by atoms with Crippen molar-refractivity contribution in [2.45, 2.75) is 6.43 Å². The Bertz CT molecular complexity index is 118. The molecule has 0 aromatic heterocycles. The molecule has 0 heterocycles. The lowest BCUT2D eigenvalue weighted by atomic mass is 10.5. The Kier molecular flexibility index (Phi) is 3.87. The minimum atomic E-state index is -2.47. The molecular weight excluding hydrogens is 144 g/mol. The van der Waals surface area contributed by atoms with Crippen LogP contribution >= 0.6 is 0 Å². The number of hydrogen-bond donors (Lipinski definition) is 1. The van der Waals surface area contributed by atoms with Gasteiger partial charge in [0.1, 0.15) is 0 Å². The smallest absolute Gasteiger partial charge is 0.317 e. The van der Waals surface area contributed by atoms with Gasteiger partial charge in [0.25, 0.3) is 6.43 Å². The molecule has 1 N–H and O–H groups in total. The molecule has 0 bridgehead atoms. The lowest BCUT2D eigenvalue weighted by molar-refractivity contribution is -0.138. The van der Waals surface area contributed by atoms with Crippen LogP contribution in [-0.4, -0.2) is 42.5 Å². The maximum absolute atomic E-state index is 11.5. The van der Waals surface area contributed by atoms with E-state index in [4.69, 9.17) is 5.11 Å². The molecule has 5 heteroatoms. The highest BCUT2D eigenvalue weighted by atomic mass is 19.3. The Morgan fingerprint density at radius 1 is 1.70 bits per heavy atom. The first-order valence-electron chi connectivity index (χ1n) is 2.71. The number of alkyl halides is 2. The monoisotopic (exact) mass is 153 g/mol. The number of nitrogens with zero attached hydrogens (tertiary/aromatic N) is 1. The Hall–Kier alpha value is -0.710. The lowest BCUT2D eigenvalue weighted by Gasteiger charge is -2.11. The van der Waals surface area contributed by atoms with E-state index in [0.717, 1.165) is 4.90 Å². The van der Waals surface area contributed by atoms with Gasteiger partial charge >= 0.3 is 5.97 Å². The van der Waals surface area contributed by atoms with Crippen molar-refractivity contribution in [3.05, 3.63) is 0 Å². The molecule has 0 unspecified atom stereocenters. The van der Waals surface area contributed by atoms with Crippen molar-refractivity contribution in [1.29, 1.82) is 0 Å². The van der Waals surface area contributed by atoms with Gasteiger partial charge in [-0.15, -0.1) is 0 Å². The molecule has 3 nitrogen and oxygen atoms in total. The third-order valence-electron chi connectivity index (χ3n) is 0.855. The van der Waals surface area contributed by atoms with Gasteiger partial charge in [0, 0.05) is 0 Å². The second kappa shape index (κ2) is 4.16. The molecular formula is C5H9F2NO2. The standard InChI is InChI=1S/C5H9F2NO2/c1-8(2-4(6)7)3-5(9)10/h4H,2-3H2,1H3,(H,9,10). The Balaban J connectivity index is 3.43. The van der Waals surface area contributed by atoms with Crippen LogP contribution in [0.25, 0.3) is 0 Å². The van der Waals surface area contributed by atoms with E-state index >= 15 is 0 Å². The van der Waals surface area contributed by atoms with Gasteiger partial charge in [-0.3, -0.25) is 9.69 Å². The van der Waals surface area contributed by atoms with Crippen LogP contribution in [0.4, 0.5) is 8.78 Å². The molecule has 0 fully saturated rings. The summed E-state index contributed by atoms with van der Waals surface area (Å²) in [4.78, 5) is 11.0. The summed E-state index contributed by atoms with van der Waals surface area (Å²) < 4.78 is 23.0. The van der Waals surface area contributed by atoms with Gasteiger partial charge < -0.3 is 5.11 Å².